The fourth-order valence-electron chi connectivity index (χ4n) is 1.48. The molecule has 13 heavy (non-hydrogen) atoms. The van der Waals surface area contributed by atoms with Gasteiger partial charge < -0.3 is 4.42 Å². The number of furan rings is 1. The van der Waals surface area contributed by atoms with Gasteiger partial charge in [-0.15, -0.1) is 0 Å². The zero-order valence-corrected chi connectivity index (χ0v) is 7.87. The summed E-state index contributed by atoms with van der Waals surface area (Å²) in [5.41, 5.74) is 2.15. The van der Waals surface area contributed by atoms with Crippen LogP contribution < -0.4 is 0 Å². The van der Waals surface area contributed by atoms with Gasteiger partial charge in [0, 0.05) is 5.39 Å². The molecular formula is C12H12O. The molecule has 0 N–H and O–H groups in total. The van der Waals surface area contributed by atoms with Gasteiger partial charge in [-0.2, -0.15) is 0 Å². The molecule has 2 rings (SSSR count). The monoisotopic (exact) mass is 172 g/mol. The molecule has 0 unspecified atom stereocenters. The highest BCUT2D eigenvalue weighted by atomic mass is 16.3. The van der Waals surface area contributed by atoms with Crippen LogP contribution in [0.2, 0.25) is 0 Å². The molecule has 66 valence electrons. The third-order valence-electron chi connectivity index (χ3n) is 2.03. The smallest absolute Gasteiger partial charge is 0.134 e. The summed E-state index contributed by atoms with van der Waals surface area (Å²) in [6, 6.07) is 8.29. The van der Waals surface area contributed by atoms with Gasteiger partial charge in [-0.1, -0.05) is 24.3 Å². The summed E-state index contributed by atoms with van der Waals surface area (Å²) in [6.07, 6.45) is 4.09. The second-order valence-electron chi connectivity index (χ2n) is 3.15. The third kappa shape index (κ3) is 1.50. The van der Waals surface area contributed by atoms with Crippen LogP contribution in [0.5, 0.6) is 0 Å². The maximum atomic E-state index is 5.52. The Hall–Kier alpha value is -1.50. The zero-order chi connectivity index (χ0) is 9.26. The lowest BCUT2D eigenvalue weighted by Gasteiger charge is -1.91. The minimum atomic E-state index is 0.965. The van der Waals surface area contributed by atoms with Crippen LogP contribution in [0.4, 0.5) is 0 Å². The molecule has 0 bridgehead atoms. The van der Waals surface area contributed by atoms with Gasteiger partial charge in [-0.3, -0.25) is 0 Å². The minimum absolute atomic E-state index is 0.965. The summed E-state index contributed by atoms with van der Waals surface area (Å²) in [6.45, 7) is 3.98. The predicted octanol–water partition coefficient (Wildman–Crippen LogP) is 3.77. The van der Waals surface area contributed by atoms with Crippen LogP contribution in [0, 0.1) is 6.92 Å². The molecule has 0 amide bonds. The van der Waals surface area contributed by atoms with Crippen LogP contribution in [-0.2, 0) is 0 Å². The lowest BCUT2D eigenvalue weighted by atomic mass is 10.1. The molecule has 0 atom stereocenters. The topological polar surface area (TPSA) is 13.1 Å². The van der Waals surface area contributed by atoms with Gasteiger partial charge in [0.25, 0.3) is 0 Å². The van der Waals surface area contributed by atoms with Crippen molar-refractivity contribution in [2.75, 3.05) is 0 Å². The van der Waals surface area contributed by atoms with Gasteiger partial charge in [0.2, 0.25) is 0 Å². The zero-order valence-electron chi connectivity index (χ0n) is 7.87. The first-order valence-electron chi connectivity index (χ1n) is 4.42. The number of allylic oxidation sites excluding steroid dienone is 1. The fourth-order valence-corrected chi connectivity index (χ4v) is 1.48. The molecule has 2 aromatic rings. The van der Waals surface area contributed by atoms with Gasteiger partial charge >= 0.3 is 0 Å². The van der Waals surface area contributed by atoms with E-state index in [1.165, 1.54) is 10.9 Å². The molecule has 1 aromatic heterocycles. The van der Waals surface area contributed by atoms with Crippen molar-refractivity contribution < 1.29 is 4.42 Å². The molecule has 0 aliphatic rings. The highest BCUT2D eigenvalue weighted by molar-refractivity contribution is 5.80. The van der Waals surface area contributed by atoms with Gasteiger partial charge in [0.1, 0.15) is 11.3 Å². The normalized spacial score (nSPS) is 11.5. The maximum absolute atomic E-state index is 5.52. The van der Waals surface area contributed by atoms with Crippen molar-refractivity contribution in [3.05, 3.63) is 41.7 Å². The molecule has 0 saturated carbocycles. The molecule has 1 nitrogen and oxygen atoms in total. The van der Waals surface area contributed by atoms with Crippen molar-refractivity contribution in [2.45, 2.75) is 13.8 Å². The number of hydrogen-bond acceptors (Lipinski definition) is 1. The standard InChI is InChI=1S/C12H12O/c1-3-4-10-5-6-11-7-9(2)13-12(11)8-10/h3-8H,1-2H3. The molecule has 0 spiro atoms. The van der Waals surface area contributed by atoms with Crippen LogP contribution in [0.15, 0.2) is 34.8 Å². The van der Waals surface area contributed by atoms with Crippen LogP contribution >= 0.6 is 0 Å². The number of hydrogen-bond donors (Lipinski definition) is 0. The van der Waals surface area contributed by atoms with Crippen LogP contribution in [0.25, 0.3) is 17.0 Å². The highest BCUT2D eigenvalue weighted by Crippen LogP contribution is 2.20. The Labute approximate surface area is 77.7 Å². The van der Waals surface area contributed by atoms with Gasteiger partial charge in [0.15, 0.2) is 0 Å². The Kier molecular flexibility index (Phi) is 1.93. The third-order valence-corrected chi connectivity index (χ3v) is 2.03. The number of rotatable bonds is 1. The number of fused-ring (bicyclic) bond motifs is 1. The van der Waals surface area contributed by atoms with Crippen molar-refractivity contribution in [2.24, 2.45) is 0 Å². The SMILES string of the molecule is CC=Cc1ccc2cc(C)oc2c1. The Morgan fingerprint density at radius 2 is 2.08 bits per heavy atom. The Balaban J connectivity index is 2.61. The average molecular weight is 172 g/mol. The number of benzene rings is 1. The van der Waals surface area contributed by atoms with Crippen molar-refractivity contribution in [1.29, 1.82) is 0 Å². The van der Waals surface area contributed by atoms with Crippen molar-refractivity contribution in [3.63, 3.8) is 0 Å². The average Bonchev–Trinajstić information content (AvgIpc) is 2.44. The van der Waals surface area contributed by atoms with Gasteiger partial charge in [0.05, 0.1) is 0 Å². The molecule has 0 fully saturated rings. The summed E-state index contributed by atoms with van der Waals surface area (Å²) < 4.78 is 5.52. The van der Waals surface area contributed by atoms with Gasteiger partial charge in [-0.05, 0) is 31.5 Å². The summed E-state index contributed by atoms with van der Waals surface area (Å²) >= 11 is 0. The van der Waals surface area contributed by atoms with E-state index in [0.717, 1.165) is 11.3 Å². The fraction of sp³-hybridized carbons (Fsp3) is 0.167. The molecule has 0 aliphatic carbocycles. The van der Waals surface area contributed by atoms with E-state index < -0.39 is 0 Å². The first kappa shape index (κ1) is 8.11. The summed E-state index contributed by atoms with van der Waals surface area (Å²) in [4.78, 5) is 0. The quantitative estimate of drug-likeness (QED) is 0.638. The minimum Gasteiger partial charge on any atom is -0.461 e. The molecule has 1 heteroatoms. The summed E-state index contributed by atoms with van der Waals surface area (Å²) in [5, 5.41) is 1.17. The Morgan fingerprint density at radius 1 is 1.23 bits per heavy atom. The van der Waals surface area contributed by atoms with Crippen LogP contribution in [0.3, 0.4) is 0 Å². The van der Waals surface area contributed by atoms with Crippen molar-refractivity contribution in [1.82, 2.24) is 0 Å². The second kappa shape index (κ2) is 3.09. The van der Waals surface area contributed by atoms with E-state index >= 15 is 0 Å². The van der Waals surface area contributed by atoms with E-state index in [1.54, 1.807) is 0 Å². The van der Waals surface area contributed by atoms with E-state index in [9.17, 15) is 0 Å². The van der Waals surface area contributed by atoms with Crippen LogP contribution in [0.1, 0.15) is 18.2 Å². The molecular weight excluding hydrogens is 160 g/mol. The molecule has 0 aliphatic heterocycles. The lowest BCUT2D eigenvalue weighted by molar-refractivity contribution is 0.578. The van der Waals surface area contributed by atoms with E-state index in [2.05, 4.69) is 30.3 Å². The van der Waals surface area contributed by atoms with Crippen molar-refractivity contribution >= 4 is 17.0 Å². The molecule has 0 radical (unpaired) electrons. The van der Waals surface area contributed by atoms with Crippen LogP contribution in [-0.4, -0.2) is 0 Å². The first-order chi connectivity index (χ1) is 6.29. The molecule has 1 heterocycles. The molecule has 0 saturated heterocycles. The molecule has 1 aromatic carbocycles. The van der Waals surface area contributed by atoms with E-state index in [4.69, 9.17) is 4.42 Å². The van der Waals surface area contributed by atoms with E-state index in [1.807, 2.05) is 19.9 Å². The largest absolute Gasteiger partial charge is 0.461 e. The van der Waals surface area contributed by atoms with Gasteiger partial charge in [-0.25, -0.2) is 0 Å². The first-order valence-corrected chi connectivity index (χ1v) is 4.42. The highest BCUT2D eigenvalue weighted by Gasteiger charge is 1.99. The summed E-state index contributed by atoms with van der Waals surface area (Å²) in [7, 11) is 0. The Bertz CT molecular complexity index is 449. The van der Waals surface area contributed by atoms with E-state index in [-0.39, 0.29) is 0 Å². The lowest BCUT2D eigenvalue weighted by Crippen LogP contribution is -1.69. The predicted molar refractivity (Wildman–Crippen MR) is 55.7 cm³/mol. The van der Waals surface area contributed by atoms with E-state index in [0.29, 0.717) is 0 Å². The van der Waals surface area contributed by atoms with Crippen molar-refractivity contribution in [3.8, 4) is 0 Å². The Morgan fingerprint density at radius 3 is 2.85 bits per heavy atom. The second-order valence-corrected chi connectivity index (χ2v) is 3.15. The summed E-state index contributed by atoms with van der Waals surface area (Å²) in [5.74, 6) is 0.965. The maximum Gasteiger partial charge on any atom is 0.134 e. The number of aryl methyl sites for hydroxylation is 1.